The highest BCUT2D eigenvalue weighted by Gasteiger charge is 2.22. The predicted octanol–water partition coefficient (Wildman–Crippen LogP) is 5.60. The van der Waals surface area contributed by atoms with Crippen LogP contribution in [0.2, 0.25) is 0 Å². The summed E-state index contributed by atoms with van der Waals surface area (Å²) in [5.41, 5.74) is 1.71. The van der Waals surface area contributed by atoms with E-state index in [9.17, 15) is 10.1 Å². The maximum absolute atomic E-state index is 13.4. The van der Waals surface area contributed by atoms with Crippen LogP contribution in [0.15, 0.2) is 89.7 Å². The van der Waals surface area contributed by atoms with Crippen LogP contribution in [0.25, 0.3) is 32.3 Å². The van der Waals surface area contributed by atoms with Crippen LogP contribution in [-0.2, 0) is 0 Å². The van der Waals surface area contributed by atoms with Gasteiger partial charge in [-0.1, -0.05) is 78.9 Å². The first-order valence-corrected chi connectivity index (χ1v) is 8.94. The molecule has 0 aliphatic heterocycles. The van der Waals surface area contributed by atoms with Gasteiger partial charge in [0.25, 0.3) is 0 Å². The van der Waals surface area contributed by atoms with Gasteiger partial charge in [-0.25, -0.2) is 0 Å². The highest BCUT2D eigenvalue weighted by Crippen LogP contribution is 2.38. The van der Waals surface area contributed by atoms with Gasteiger partial charge in [0.1, 0.15) is 0 Å². The second-order valence-electron chi connectivity index (χ2n) is 6.78. The zero-order chi connectivity index (χ0) is 18.4. The highest BCUT2D eigenvalue weighted by molar-refractivity contribution is 6.22. The van der Waals surface area contributed by atoms with E-state index in [1.54, 1.807) is 0 Å². The molecule has 5 rings (SSSR count). The first kappa shape index (κ1) is 15.5. The van der Waals surface area contributed by atoms with Crippen LogP contribution in [0.4, 0.5) is 0 Å². The summed E-state index contributed by atoms with van der Waals surface area (Å²) in [5.74, 6) is -0.471. The van der Waals surface area contributed by atoms with E-state index in [0.29, 0.717) is 10.8 Å². The molecule has 1 unspecified atom stereocenters. The summed E-state index contributed by atoms with van der Waals surface area (Å²) in [6.07, 6.45) is 0. The van der Waals surface area contributed by atoms with Crippen LogP contribution in [-0.4, -0.2) is 0 Å². The number of fused-ring (bicyclic) bond motifs is 2. The maximum Gasteiger partial charge on any atom is 0.194 e. The fraction of sp³-hybridized carbons (Fsp3) is 0.0400. The summed E-state index contributed by atoms with van der Waals surface area (Å²) in [6.45, 7) is 0. The molecule has 5 aromatic rings. The Bertz CT molecular complexity index is 1400. The molecule has 0 saturated heterocycles. The molecule has 0 N–H and O–H groups in total. The molecule has 1 atom stereocenters. The summed E-state index contributed by atoms with van der Waals surface area (Å²) < 4.78 is 0. The van der Waals surface area contributed by atoms with Crippen molar-refractivity contribution in [2.45, 2.75) is 5.92 Å². The van der Waals surface area contributed by atoms with E-state index in [0.717, 1.165) is 32.7 Å². The molecule has 2 nitrogen and oxygen atoms in total. The first-order chi connectivity index (χ1) is 13.3. The fourth-order valence-corrected chi connectivity index (χ4v) is 4.13. The van der Waals surface area contributed by atoms with Gasteiger partial charge in [-0.05, 0) is 33.4 Å². The minimum absolute atomic E-state index is 0.00508. The standard InChI is InChI=1S/C25H15NO/c26-15-22(16-8-2-1-3-9-16)21-14-17-10-4-5-12-19-18-11-6-7-13-20(18)25(27)24(21)23(17)19/h1-14,22H. The van der Waals surface area contributed by atoms with Gasteiger partial charge in [0, 0.05) is 16.2 Å². The van der Waals surface area contributed by atoms with E-state index in [1.165, 1.54) is 0 Å². The molecule has 0 aliphatic carbocycles. The lowest BCUT2D eigenvalue weighted by Gasteiger charge is -2.10. The number of nitrogens with zero attached hydrogens (tertiary/aromatic N) is 1. The second-order valence-corrected chi connectivity index (χ2v) is 6.78. The fourth-order valence-electron chi connectivity index (χ4n) is 4.13. The van der Waals surface area contributed by atoms with Crippen LogP contribution in [0.1, 0.15) is 17.0 Å². The third-order valence-electron chi connectivity index (χ3n) is 5.32. The van der Waals surface area contributed by atoms with E-state index in [2.05, 4.69) is 12.1 Å². The van der Waals surface area contributed by atoms with Crippen molar-refractivity contribution in [3.63, 3.8) is 0 Å². The van der Waals surface area contributed by atoms with E-state index in [-0.39, 0.29) is 5.43 Å². The number of nitriles is 1. The van der Waals surface area contributed by atoms with Gasteiger partial charge in [-0.2, -0.15) is 5.26 Å². The molecule has 27 heavy (non-hydrogen) atoms. The zero-order valence-electron chi connectivity index (χ0n) is 14.5. The SMILES string of the molecule is N#CC(c1ccccc1)c1cc2ccccc3c4ccccc4c(=O)c1c23. The van der Waals surface area contributed by atoms with Gasteiger partial charge in [-0.15, -0.1) is 0 Å². The number of benzene rings is 3. The Kier molecular flexibility index (Phi) is 3.42. The Hall–Kier alpha value is -3.70. The van der Waals surface area contributed by atoms with Gasteiger partial charge in [0.15, 0.2) is 5.43 Å². The van der Waals surface area contributed by atoms with Gasteiger partial charge >= 0.3 is 0 Å². The van der Waals surface area contributed by atoms with Crippen LogP contribution < -0.4 is 5.43 Å². The molecule has 0 radical (unpaired) electrons. The molecule has 0 aliphatic rings. The topological polar surface area (TPSA) is 40.9 Å². The van der Waals surface area contributed by atoms with Crippen LogP contribution in [0, 0.1) is 11.3 Å². The lowest BCUT2D eigenvalue weighted by atomic mass is 9.91. The molecule has 0 fully saturated rings. The van der Waals surface area contributed by atoms with Gasteiger partial charge in [0.2, 0.25) is 0 Å². The van der Waals surface area contributed by atoms with Crippen LogP contribution in [0.5, 0.6) is 0 Å². The summed E-state index contributed by atoms with van der Waals surface area (Å²) in [5, 5.41) is 15.3. The molecule has 0 amide bonds. The molecule has 0 aromatic heterocycles. The summed E-state index contributed by atoms with van der Waals surface area (Å²) in [6, 6.07) is 29.9. The van der Waals surface area contributed by atoms with E-state index in [1.807, 2.05) is 78.9 Å². The average Bonchev–Trinajstić information content (AvgIpc) is 2.95. The summed E-state index contributed by atoms with van der Waals surface area (Å²) in [7, 11) is 0. The Morgan fingerprint density at radius 3 is 2.07 bits per heavy atom. The smallest absolute Gasteiger partial charge is 0.194 e. The van der Waals surface area contributed by atoms with Crippen molar-refractivity contribution in [2.24, 2.45) is 0 Å². The molecule has 0 spiro atoms. The van der Waals surface area contributed by atoms with Crippen molar-refractivity contribution in [2.75, 3.05) is 0 Å². The number of rotatable bonds is 2. The third-order valence-corrected chi connectivity index (χ3v) is 5.32. The van der Waals surface area contributed by atoms with Gasteiger partial charge < -0.3 is 0 Å². The zero-order valence-corrected chi connectivity index (χ0v) is 14.5. The lowest BCUT2D eigenvalue weighted by molar-refractivity contribution is 1.06. The Balaban J connectivity index is 2.00. The summed E-state index contributed by atoms with van der Waals surface area (Å²) >= 11 is 0. The molecule has 0 saturated carbocycles. The Labute approximate surface area is 156 Å². The predicted molar refractivity (Wildman–Crippen MR) is 110 cm³/mol. The molecule has 0 bridgehead atoms. The number of hydrogen-bond acceptors (Lipinski definition) is 2. The highest BCUT2D eigenvalue weighted by atomic mass is 16.1. The van der Waals surface area contributed by atoms with Crippen molar-refractivity contribution in [1.29, 1.82) is 5.26 Å². The molecular weight excluding hydrogens is 330 g/mol. The van der Waals surface area contributed by atoms with Crippen LogP contribution >= 0.6 is 0 Å². The minimum Gasteiger partial charge on any atom is -0.289 e. The molecular formula is C25H15NO. The molecule has 0 heterocycles. The van der Waals surface area contributed by atoms with Crippen LogP contribution in [0.3, 0.4) is 0 Å². The average molecular weight is 345 g/mol. The number of hydrogen-bond donors (Lipinski definition) is 0. The van der Waals surface area contributed by atoms with Crippen molar-refractivity contribution in [3.8, 4) is 6.07 Å². The lowest BCUT2D eigenvalue weighted by Crippen LogP contribution is -2.06. The van der Waals surface area contributed by atoms with Gasteiger partial charge in [-0.3, -0.25) is 4.79 Å². The van der Waals surface area contributed by atoms with Gasteiger partial charge in [0.05, 0.1) is 12.0 Å². The monoisotopic (exact) mass is 345 g/mol. The van der Waals surface area contributed by atoms with Crippen molar-refractivity contribution >= 4 is 32.3 Å². The second kappa shape index (κ2) is 5.93. The quantitative estimate of drug-likeness (QED) is 0.418. The first-order valence-electron chi connectivity index (χ1n) is 8.94. The Morgan fingerprint density at radius 1 is 0.704 bits per heavy atom. The van der Waals surface area contributed by atoms with Crippen molar-refractivity contribution in [3.05, 3.63) is 106 Å². The molecule has 2 heteroatoms. The van der Waals surface area contributed by atoms with Crippen molar-refractivity contribution < 1.29 is 0 Å². The largest absolute Gasteiger partial charge is 0.289 e. The Morgan fingerprint density at radius 2 is 1.33 bits per heavy atom. The minimum atomic E-state index is -0.471. The third kappa shape index (κ3) is 2.22. The van der Waals surface area contributed by atoms with E-state index < -0.39 is 5.92 Å². The molecule has 5 aromatic carbocycles. The molecule has 126 valence electrons. The van der Waals surface area contributed by atoms with E-state index >= 15 is 0 Å². The summed E-state index contributed by atoms with van der Waals surface area (Å²) in [4.78, 5) is 13.4. The normalized spacial score (nSPS) is 12.4. The van der Waals surface area contributed by atoms with Crippen molar-refractivity contribution in [1.82, 2.24) is 0 Å². The maximum atomic E-state index is 13.4. The van der Waals surface area contributed by atoms with E-state index in [4.69, 9.17) is 0 Å².